The predicted octanol–water partition coefficient (Wildman–Crippen LogP) is 2.11. The van der Waals surface area contributed by atoms with Gasteiger partial charge in [-0.2, -0.15) is 0 Å². The fourth-order valence-electron chi connectivity index (χ4n) is 1.84. The maximum absolute atomic E-state index is 11.1. The first kappa shape index (κ1) is 12.7. The second-order valence-corrected chi connectivity index (χ2v) is 4.31. The van der Waals surface area contributed by atoms with Crippen molar-refractivity contribution in [2.24, 2.45) is 0 Å². The number of hydrogen-bond donors (Lipinski definition) is 0. The first-order chi connectivity index (χ1) is 8.73. The van der Waals surface area contributed by atoms with Crippen LogP contribution in [0.5, 0.6) is 0 Å². The molecule has 1 aromatic rings. The van der Waals surface area contributed by atoms with Gasteiger partial charge in [-0.1, -0.05) is 42.5 Å². The Bertz CT molecular complexity index is 424. The van der Waals surface area contributed by atoms with Gasteiger partial charge in [-0.15, -0.1) is 0 Å². The molecule has 5 heteroatoms. The van der Waals surface area contributed by atoms with Gasteiger partial charge in [-0.25, -0.2) is 0 Å². The van der Waals surface area contributed by atoms with Crippen molar-refractivity contribution in [1.29, 1.82) is 0 Å². The average molecular weight is 249 g/mol. The molecule has 0 spiro atoms. The molecule has 0 aromatic heterocycles. The minimum Gasteiger partial charge on any atom is -0.348 e. The first-order valence-electron chi connectivity index (χ1n) is 5.75. The number of ether oxygens (including phenoxy) is 2. The Morgan fingerprint density at radius 2 is 1.94 bits per heavy atom. The molecular weight excluding hydrogens is 234 g/mol. The Balaban J connectivity index is 2.02. The largest absolute Gasteiger partial charge is 0.348 e. The molecule has 5 nitrogen and oxygen atoms in total. The molecule has 0 N–H and O–H groups in total. The number of hydrogen-bond acceptors (Lipinski definition) is 4. The van der Waals surface area contributed by atoms with Crippen LogP contribution in [-0.2, 0) is 9.47 Å². The van der Waals surface area contributed by atoms with E-state index in [4.69, 9.17) is 9.47 Å². The Morgan fingerprint density at radius 1 is 1.28 bits per heavy atom. The molecule has 0 bridgehead atoms. The van der Waals surface area contributed by atoms with E-state index >= 15 is 0 Å². The van der Waals surface area contributed by atoms with Gasteiger partial charge in [0.25, 0.3) is 5.54 Å². The average Bonchev–Trinajstić information content (AvgIpc) is 2.41. The van der Waals surface area contributed by atoms with E-state index in [1.807, 2.05) is 36.4 Å². The number of benzene rings is 1. The van der Waals surface area contributed by atoms with Gasteiger partial charge in [-0.3, -0.25) is 10.1 Å². The zero-order chi connectivity index (χ0) is 12.8. The van der Waals surface area contributed by atoms with E-state index in [9.17, 15) is 10.1 Å². The molecule has 96 valence electrons. The standard InChI is InChI=1S/C13H15NO4/c15-14(16)13(9-17-11-18-10-13)8-4-7-12-5-2-1-3-6-12/h1-7H,8-11H2/b7-4+. The van der Waals surface area contributed by atoms with Crippen molar-refractivity contribution in [2.75, 3.05) is 20.0 Å². The van der Waals surface area contributed by atoms with Crippen molar-refractivity contribution in [3.8, 4) is 0 Å². The quantitative estimate of drug-likeness (QED) is 0.605. The van der Waals surface area contributed by atoms with Crippen LogP contribution < -0.4 is 0 Å². The van der Waals surface area contributed by atoms with Gasteiger partial charge in [0.1, 0.15) is 20.0 Å². The molecule has 1 fully saturated rings. The topological polar surface area (TPSA) is 61.6 Å². The molecule has 0 saturated carbocycles. The van der Waals surface area contributed by atoms with Crippen molar-refractivity contribution >= 4 is 6.08 Å². The lowest BCUT2D eigenvalue weighted by molar-refractivity contribution is -0.586. The van der Waals surface area contributed by atoms with Gasteiger partial charge >= 0.3 is 0 Å². The summed E-state index contributed by atoms with van der Waals surface area (Å²) in [6.07, 6.45) is 3.98. The van der Waals surface area contributed by atoms with Crippen LogP contribution in [0.25, 0.3) is 6.08 Å². The van der Waals surface area contributed by atoms with Crippen LogP contribution >= 0.6 is 0 Å². The van der Waals surface area contributed by atoms with Gasteiger partial charge in [0.15, 0.2) is 0 Å². The molecule has 2 rings (SSSR count). The molecule has 1 heterocycles. The number of nitro groups is 1. The van der Waals surface area contributed by atoms with E-state index in [0.717, 1.165) is 5.56 Å². The Labute approximate surface area is 105 Å². The minimum atomic E-state index is -1.15. The van der Waals surface area contributed by atoms with E-state index in [-0.39, 0.29) is 24.9 Å². The Hall–Kier alpha value is -1.72. The van der Waals surface area contributed by atoms with Crippen LogP contribution in [0.1, 0.15) is 12.0 Å². The van der Waals surface area contributed by atoms with E-state index in [1.165, 1.54) is 0 Å². The van der Waals surface area contributed by atoms with Gasteiger partial charge in [-0.05, 0) is 5.56 Å². The van der Waals surface area contributed by atoms with Gasteiger partial charge in [0.05, 0.1) is 0 Å². The normalized spacial score (nSPS) is 18.9. The molecule has 0 atom stereocenters. The molecule has 0 radical (unpaired) electrons. The molecule has 0 amide bonds. The summed E-state index contributed by atoms with van der Waals surface area (Å²) in [5.74, 6) is 0. The van der Waals surface area contributed by atoms with Crippen molar-refractivity contribution in [3.05, 3.63) is 52.1 Å². The van der Waals surface area contributed by atoms with Crippen LogP contribution in [-0.4, -0.2) is 30.5 Å². The second kappa shape index (κ2) is 5.75. The summed E-state index contributed by atoms with van der Waals surface area (Å²) < 4.78 is 10.1. The van der Waals surface area contributed by atoms with Crippen LogP contribution in [0.2, 0.25) is 0 Å². The van der Waals surface area contributed by atoms with Crippen molar-refractivity contribution in [2.45, 2.75) is 12.0 Å². The zero-order valence-corrected chi connectivity index (χ0v) is 9.95. The predicted molar refractivity (Wildman–Crippen MR) is 66.6 cm³/mol. The third-order valence-corrected chi connectivity index (χ3v) is 2.90. The Kier molecular flexibility index (Phi) is 4.07. The fraction of sp³-hybridized carbons (Fsp3) is 0.385. The van der Waals surface area contributed by atoms with E-state index in [1.54, 1.807) is 6.08 Å². The molecule has 1 aromatic carbocycles. The fourth-order valence-corrected chi connectivity index (χ4v) is 1.84. The first-order valence-corrected chi connectivity index (χ1v) is 5.75. The monoisotopic (exact) mass is 249 g/mol. The van der Waals surface area contributed by atoms with E-state index < -0.39 is 5.54 Å². The Morgan fingerprint density at radius 3 is 2.56 bits per heavy atom. The highest BCUT2D eigenvalue weighted by molar-refractivity contribution is 5.48. The lowest BCUT2D eigenvalue weighted by Gasteiger charge is -2.27. The summed E-state index contributed by atoms with van der Waals surface area (Å²) in [5, 5.41) is 11.1. The smallest absolute Gasteiger partial charge is 0.271 e. The van der Waals surface area contributed by atoms with Crippen molar-refractivity contribution in [1.82, 2.24) is 0 Å². The summed E-state index contributed by atoms with van der Waals surface area (Å²) in [6.45, 7) is 0.330. The summed E-state index contributed by atoms with van der Waals surface area (Å²) in [6, 6.07) is 9.68. The minimum absolute atomic E-state index is 0.0964. The third kappa shape index (κ3) is 2.94. The van der Waals surface area contributed by atoms with Crippen molar-refractivity contribution < 1.29 is 14.4 Å². The zero-order valence-electron chi connectivity index (χ0n) is 9.95. The molecule has 18 heavy (non-hydrogen) atoms. The van der Waals surface area contributed by atoms with Gasteiger partial charge < -0.3 is 9.47 Å². The van der Waals surface area contributed by atoms with Gasteiger partial charge in [0, 0.05) is 11.3 Å². The third-order valence-electron chi connectivity index (χ3n) is 2.90. The van der Waals surface area contributed by atoms with E-state index in [2.05, 4.69) is 0 Å². The highest BCUT2D eigenvalue weighted by Gasteiger charge is 2.44. The van der Waals surface area contributed by atoms with Crippen LogP contribution in [0.4, 0.5) is 0 Å². The number of rotatable bonds is 4. The van der Waals surface area contributed by atoms with Crippen LogP contribution in [0.15, 0.2) is 36.4 Å². The van der Waals surface area contributed by atoms with Crippen LogP contribution in [0.3, 0.4) is 0 Å². The maximum atomic E-state index is 11.1. The molecule has 1 saturated heterocycles. The summed E-state index contributed by atoms with van der Waals surface area (Å²) in [4.78, 5) is 10.8. The molecule has 0 unspecified atom stereocenters. The lowest BCUT2D eigenvalue weighted by atomic mass is 9.97. The molecule has 0 aliphatic carbocycles. The highest BCUT2D eigenvalue weighted by Crippen LogP contribution is 2.21. The summed E-state index contributed by atoms with van der Waals surface area (Å²) in [7, 11) is 0. The van der Waals surface area contributed by atoms with E-state index in [0.29, 0.717) is 6.42 Å². The van der Waals surface area contributed by atoms with Crippen molar-refractivity contribution in [3.63, 3.8) is 0 Å². The summed E-state index contributed by atoms with van der Waals surface area (Å²) >= 11 is 0. The highest BCUT2D eigenvalue weighted by atomic mass is 16.7. The molecule has 1 aliphatic heterocycles. The van der Waals surface area contributed by atoms with Crippen LogP contribution in [0, 0.1) is 10.1 Å². The SMILES string of the molecule is O=[N+]([O-])C1(C/C=C/c2ccccc2)COCOC1. The number of nitrogens with zero attached hydrogens (tertiary/aromatic N) is 1. The molecular formula is C13H15NO4. The molecule has 1 aliphatic rings. The van der Waals surface area contributed by atoms with Gasteiger partial charge in [0.2, 0.25) is 0 Å². The maximum Gasteiger partial charge on any atom is 0.271 e. The summed E-state index contributed by atoms with van der Waals surface area (Å²) in [5.41, 5.74) is -0.127. The second-order valence-electron chi connectivity index (χ2n) is 4.31. The lowest BCUT2D eigenvalue weighted by Crippen LogP contribution is -2.50.